The van der Waals surface area contributed by atoms with Crippen LogP contribution in [0.3, 0.4) is 0 Å². The maximum Gasteiger partial charge on any atom is 0.228 e. The summed E-state index contributed by atoms with van der Waals surface area (Å²) in [6.45, 7) is 0. The molecule has 26 heavy (non-hydrogen) atoms. The Labute approximate surface area is 164 Å². The molecule has 128 valence electrons. The van der Waals surface area contributed by atoms with E-state index in [0.717, 1.165) is 11.3 Å². The second kappa shape index (κ2) is 7.12. The van der Waals surface area contributed by atoms with E-state index in [4.69, 9.17) is 39.2 Å². The number of hydrogen-bond donors (Lipinski definition) is 0. The average Bonchev–Trinajstić information content (AvgIpc) is 3.06. The molecule has 0 spiro atoms. The molecular weight excluding hydrogens is 391 g/mol. The predicted octanol–water partition coefficient (Wildman–Crippen LogP) is 7.21. The normalized spacial score (nSPS) is 11.5. The standard InChI is InChI=1S/C20H11Cl3N2O/c21-13-3-1-12(2-4-13)11-24-15-6-8-19-18(10-15)25-20(26-19)16-9-14(22)5-7-17(16)23/h1-11H. The van der Waals surface area contributed by atoms with Gasteiger partial charge in [-0.15, -0.1) is 0 Å². The Balaban J connectivity index is 1.67. The third kappa shape index (κ3) is 3.61. The van der Waals surface area contributed by atoms with Crippen LogP contribution >= 0.6 is 34.8 Å². The second-order valence-corrected chi connectivity index (χ2v) is 6.89. The van der Waals surface area contributed by atoms with E-state index in [1.54, 1.807) is 24.4 Å². The van der Waals surface area contributed by atoms with Crippen LogP contribution in [0.5, 0.6) is 0 Å². The molecule has 1 aromatic heterocycles. The van der Waals surface area contributed by atoms with Crippen molar-refractivity contribution < 1.29 is 4.42 Å². The summed E-state index contributed by atoms with van der Waals surface area (Å²) in [7, 11) is 0. The Morgan fingerprint density at radius 1 is 0.846 bits per heavy atom. The van der Waals surface area contributed by atoms with Gasteiger partial charge in [-0.1, -0.05) is 46.9 Å². The minimum atomic E-state index is 0.423. The number of hydrogen-bond acceptors (Lipinski definition) is 3. The molecule has 0 fully saturated rings. The number of nitrogens with zero attached hydrogens (tertiary/aromatic N) is 2. The molecule has 1 heterocycles. The summed E-state index contributed by atoms with van der Waals surface area (Å²) in [4.78, 5) is 8.98. The monoisotopic (exact) mass is 400 g/mol. The minimum Gasteiger partial charge on any atom is -0.436 e. The lowest BCUT2D eigenvalue weighted by Gasteiger charge is -1.99. The van der Waals surface area contributed by atoms with Crippen LogP contribution in [0, 0.1) is 0 Å². The smallest absolute Gasteiger partial charge is 0.228 e. The van der Waals surface area contributed by atoms with E-state index in [1.807, 2.05) is 42.5 Å². The molecule has 3 aromatic carbocycles. The Kier molecular flexibility index (Phi) is 4.68. The lowest BCUT2D eigenvalue weighted by molar-refractivity contribution is 0.620. The number of rotatable bonds is 3. The molecule has 0 bridgehead atoms. The number of aliphatic imine (C=N–C) groups is 1. The summed E-state index contributed by atoms with van der Waals surface area (Å²) in [5.74, 6) is 0.423. The summed E-state index contributed by atoms with van der Waals surface area (Å²) in [6, 6.07) is 18.2. The van der Waals surface area contributed by atoms with Crippen LogP contribution in [0.2, 0.25) is 15.1 Å². The van der Waals surface area contributed by atoms with Crippen LogP contribution in [-0.2, 0) is 0 Å². The van der Waals surface area contributed by atoms with Crippen molar-refractivity contribution in [1.82, 2.24) is 4.98 Å². The van der Waals surface area contributed by atoms with Crippen molar-refractivity contribution in [2.45, 2.75) is 0 Å². The van der Waals surface area contributed by atoms with E-state index >= 15 is 0 Å². The van der Waals surface area contributed by atoms with Gasteiger partial charge in [0.15, 0.2) is 5.58 Å². The quantitative estimate of drug-likeness (QED) is 0.340. The van der Waals surface area contributed by atoms with Gasteiger partial charge in [-0.3, -0.25) is 4.99 Å². The molecule has 0 atom stereocenters. The lowest BCUT2D eigenvalue weighted by atomic mass is 10.2. The Bertz CT molecular complexity index is 1120. The Morgan fingerprint density at radius 3 is 2.42 bits per heavy atom. The zero-order chi connectivity index (χ0) is 18.1. The van der Waals surface area contributed by atoms with Gasteiger partial charge in [0, 0.05) is 16.3 Å². The Hall–Kier alpha value is -2.33. The minimum absolute atomic E-state index is 0.423. The molecule has 0 N–H and O–H groups in total. The zero-order valence-electron chi connectivity index (χ0n) is 13.3. The first-order valence-corrected chi connectivity index (χ1v) is 8.87. The predicted molar refractivity (Wildman–Crippen MR) is 108 cm³/mol. The van der Waals surface area contributed by atoms with E-state index in [2.05, 4.69) is 9.98 Å². The molecule has 0 saturated carbocycles. The van der Waals surface area contributed by atoms with Crippen molar-refractivity contribution in [1.29, 1.82) is 0 Å². The maximum absolute atomic E-state index is 6.23. The van der Waals surface area contributed by atoms with Crippen molar-refractivity contribution in [3.63, 3.8) is 0 Å². The van der Waals surface area contributed by atoms with Gasteiger partial charge in [0.2, 0.25) is 5.89 Å². The number of oxazole rings is 1. The molecule has 0 aliphatic heterocycles. The van der Waals surface area contributed by atoms with Gasteiger partial charge >= 0.3 is 0 Å². The van der Waals surface area contributed by atoms with Crippen molar-refractivity contribution in [3.8, 4) is 11.5 Å². The van der Waals surface area contributed by atoms with Gasteiger partial charge in [-0.2, -0.15) is 0 Å². The highest BCUT2D eigenvalue weighted by Gasteiger charge is 2.12. The van der Waals surface area contributed by atoms with E-state index < -0.39 is 0 Å². The highest BCUT2D eigenvalue weighted by atomic mass is 35.5. The molecule has 0 aliphatic rings. The Morgan fingerprint density at radius 2 is 1.62 bits per heavy atom. The molecule has 6 heteroatoms. The fourth-order valence-electron chi connectivity index (χ4n) is 2.47. The highest BCUT2D eigenvalue weighted by molar-refractivity contribution is 6.35. The van der Waals surface area contributed by atoms with Crippen LogP contribution in [0.4, 0.5) is 5.69 Å². The first-order valence-electron chi connectivity index (χ1n) is 7.74. The highest BCUT2D eigenvalue weighted by Crippen LogP contribution is 2.33. The molecule has 3 nitrogen and oxygen atoms in total. The fourth-order valence-corrected chi connectivity index (χ4v) is 2.97. The van der Waals surface area contributed by atoms with Crippen molar-refractivity contribution in [2.24, 2.45) is 4.99 Å². The van der Waals surface area contributed by atoms with Gasteiger partial charge in [-0.05, 0) is 54.1 Å². The maximum atomic E-state index is 6.23. The molecule has 0 amide bonds. The first kappa shape index (κ1) is 17.1. The van der Waals surface area contributed by atoms with Gasteiger partial charge in [-0.25, -0.2) is 4.98 Å². The van der Waals surface area contributed by atoms with E-state index in [0.29, 0.717) is 37.6 Å². The van der Waals surface area contributed by atoms with Crippen molar-refractivity contribution in [3.05, 3.63) is 81.3 Å². The van der Waals surface area contributed by atoms with Gasteiger partial charge < -0.3 is 4.42 Å². The van der Waals surface area contributed by atoms with Gasteiger partial charge in [0.1, 0.15) is 5.52 Å². The largest absolute Gasteiger partial charge is 0.436 e. The first-order chi connectivity index (χ1) is 12.6. The summed E-state index contributed by atoms with van der Waals surface area (Å²) in [6.07, 6.45) is 1.77. The zero-order valence-corrected chi connectivity index (χ0v) is 15.6. The van der Waals surface area contributed by atoms with Crippen molar-refractivity contribution in [2.75, 3.05) is 0 Å². The van der Waals surface area contributed by atoms with Crippen LogP contribution in [-0.4, -0.2) is 11.2 Å². The van der Waals surface area contributed by atoms with E-state index in [-0.39, 0.29) is 0 Å². The number of aromatic nitrogens is 1. The van der Waals surface area contributed by atoms with Crippen LogP contribution in [0.15, 0.2) is 70.1 Å². The van der Waals surface area contributed by atoms with Crippen LogP contribution in [0.25, 0.3) is 22.6 Å². The topological polar surface area (TPSA) is 38.4 Å². The SMILES string of the molecule is Clc1ccc(C=Nc2ccc3oc(-c4cc(Cl)ccc4Cl)nc3c2)cc1. The third-order valence-electron chi connectivity index (χ3n) is 3.76. The van der Waals surface area contributed by atoms with Crippen molar-refractivity contribution >= 4 is 57.8 Å². The molecule has 4 rings (SSSR count). The molecule has 0 saturated heterocycles. The third-order valence-corrected chi connectivity index (χ3v) is 4.58. The van der Waals surface area contributed by atoms with Gasteiger partial charge in [0.25, 0.3) is 0 Å². The van der Waals surface area contributed by atoms with Crippen LogP contribution < -0.4 is 0 Å². The number of halogens is 3. The van der Waals surface area contributed by atoms with E-state index in [1.165, 1.54) is 0 Å². The molecule has 0 aliphatic carbocycles. The van der Waals surface area contributed by atoms with E-state index in [9.17, 15) is 0 Å². The molecule has 0 unspecified atom stereocenters. The summed E-state index contributed by atoms with van der Waals surface area (Å²) in [5.41, 5.74) is 3.73. The average molecular weight is 402 g/mol. The molecule has 4 aromatic rings. The molecular formula is C20H11Cl3N2O. The molecule has 0 radical (unpaired) electrons. The number of benzene rings is 3. The van der Waals surface area contributed by atoms with Crippen LogP contribution in [0.1, 0.15) is 5.56 Å². The van der Waals surface area contributed by atoms with Gasteiger partial charge in [0.05, 0.1) is 16.3 Å². The summed E-state index contributed by atoms with van der Waals surface area (Å²) in [5, 5.41) is 1.79. The summed E-state index contributed by atoms with van der Waals surface area (Å²) >= 11 is 18.2. The number of fused-ring (bicyclic) bond motifs is 1. The lowest BCUT2D eigenvalue weighted by Crippen LogP contribution is -1.80. The second-order valence-electron chi connectivity index (χ2n) is 5.60. The summed E-state index contributed by atoms with van der Waals surface area (Å²) < 4.78 is 5.80. The fraction of sp³-hybridized carbons (Fsp3) is 0.